The molecular formula is C25H30Cl2N2O6. The predicted octanol–water partition coefficient (Wildman–Crippen LogP) is 4.83. The van der Waals surface area contributed by atoms with Crippen molar-refractivity contribution in [3.8, 4) is 11.1 Å². The van der Waals surface area contributed by atoms with Crippen molar-refractivity contribution >= 4 is 43.0 Å². The second kappa shape index (κ2) is 10.7. The van der Waals surface area contributed by atoms with E-state index in [-0.39, 0.29) is 56.8 Å². The second-order valence-electron chi connectivity index (χ2n) is 9.49. The summed E-state index contributed by atoms with van der Waals surface area (Å²) in [6, 6.07) is 15.9. The van der Waals surface area contributed by atoms with Crippen LogP contribution in [-0.2, 0) is 14.3 Å². The Balaban J connectivity index is 0.00000216. The highest BCUT2D eigenvalue weighted by atomic mass is 35.5. The number of fused-ring (bicyclic) bond motifs is 3. The third-order valence-corrected chi connectivity index (χ3v) is 6.02. The van der Waals surface area contributed by atoms with E-state index >= 15 is 0 Å². The Kier molecular flexibility index (Phi) is 8.68. The smallest absolute Gasteiger partial charge is 0.410 e. The van der Waals surface area contributed by atoms with Crippen LogP contribution in [-0.4, -0.2) is 59.0 Å². The molecule has 2 amide bonds. The molecule has 0 saturated carbocycles. The minimum absolute atomic E-state index is 0. The van der Waals surface area contributed by atoms with Crippen molar-refractivity contribution in [1.82, 2.24) is 10.2 Å². The first-order valence-electron chi connectivity index (χ1n) is 10.9. The van der Waals surface area contributed by atoms with Crippen LogP contribution in [0.3, 0.4) is 0 Å². The summed E-state index contributed by atoms with van der Waals surface area (Å²) in [4.78, 5) is 38.4. The number of hydrogen-bond donors (Lipinski definition) is 2. The first-order valence-corrected chi connectivity index (χ1v) is 10.9. The standard InChI is InChI=1S/C25H28N2O6.2ClH/c1-24(2,3)33-23(31)27-13-12-25(15-27,21(28)29)26-22(30)32-14-20-18-10-6-4-8-16(18)17-9-5-7-11-19(17)20;;/h4-11,20H,12-15H2,1-3H3,(H,26,30)(H,28,29);2*1H. The van der Waals surface area contributed by atoms with Gasteiger partial charge in [0.25, 0.3) is 0 Å². The highest BCUT2D eigenvalue weighted by Gasteiger charge is 2.49. The number of carboxylic acid groups (broad SMARTS) is 1. The molecule has 4 rings (SSSR count). The molecule has 2 aliphatic rings. The second-order valence-corrected chi connectivity index (χ2v) is 9.49. The Morgan fingerprint density at radius 1 is 1.03 bits per heavy atom. The summed E-state index contributed by atoms with van der Waals surface area (Å²) in [6.07, 6.45) is -1.38. The Morgan fingerprint density at radius 3 is 2.09 bits per heavy atom. The maximum atomic E-state index is 12.7. The fraction of sp³-hybridized carbons (Fsp3) is 0.400. The molecule has 2 N–H and O–H groups in total. The van der Waals surface area contributed by atoms with Gasteiger partial charge in [0.2, 0.25) is 0 Å². The van der Waals surface area contributed by atoms with Gasteiger partial charge in [0, 0.05) is 18.9 Å². The van der Waals surface area contributed by atoms with Crippen molar-refractivity contribution in [2.45, 2.75) is 44.2 Å². The molecule has 1 unspecified atom stereocenters. The van der Waals surface area contributed by atoms with E-state index < -0.39 is 29.3 Å². The van der Waals surface area contributed by atoms with Crippen LogP contribution in [0.4, 0.5) is 9.59 Å². The van der Waals surface area contributed by atoms with Crippen LogP contribution < -0.4 is 5.32 Å². The number of likely N-dealkylation sites (tertiary alicyclic amines) is 1. The van der Waals surface area contributed by atoms with Crippen molar-refractivity contribution in [3.63, 3.8) is 0 Å². The average molecular weight is 525 g/mol. The maximum Gasteiger partial charge on any atom is 0.410 e. The lowest BCUT2D eigenvalue weighted by molar-refractivity contribution is -0.144. The third kappa shape index (κ3) is 5.82. The van der Waals surface area contributed by atoms with Crippen molar-refractivity contribution < 1.29 is 29.0 Å². The van der Waals surface area contributed by atoms with Gasteiger partial charge in [0.05, 0.1) is 6.54 Å². The van der Waals surface area contributed by atoms with Crippen LogP contribution >= 0.6 is 24.8 Å². The first kappa shape index (κ1) is 28.3. The molecule has 1 fully saturated rings. The number of nitrogens with zero attached hydrogens (tertiary/aromatic N) is 1. The summed E-state index contributed by atoms with van der Waals surface area (Å²) in [5.41, 5.74) is 2.01. The van der Waals surface area contributed by atoms with Crippen molar-refractivity contribution in [2.24, 2.45) is 0 Å². The molecular weight excluding hydrogens is 495 g/mol. The molecule has 1 saturated heterocycles. The maximum absolute atomic E-state index is 12.7. The summed E-state index contributed by atoms with van der Waals surface area (Å²) < 4.78 is 10.8. The predicted molar refractivity (Wildman–Crippen MR) is 135 cm³/mol. The molecule has 8 nitrogen and oxygen atoms in total. The first-order chi connectivity index (χ1) is 15.6. The third-order valence-electron chi connectivity index (χ3n) is 6.02. The van der Waals surface area contributed by atoms with Crippen LogP contribution in [0.15, 0.2) is 48.5 Å². The Morgan fingerprint density at radius 2 is 1.57 bits per heavy atom. The number of nitrogens with one attached hydrogen (secondary N) is 1. The van der Waals surface area contributed by atoms with E-state index in [2.05, 4.69) is 5.32 Å². The minimum Gasteiger partial charge on any atom is -0.479 e. The lowest BCUT2D eigenvalue weighted by atomic mass is 9.98. The van der Waals surface area contributed by atoms with Crippen LogP contribution in [0.25, 0.3) is 11.1 Å². The van der Waals surface area contributed by atoms with Gasteiger partial charge in [-0.1, -0.05) is 48.5 Å². The summed E-state index contributed by atoms with van der Waals surface area (Å²) in [6.45, 7) is 5.25. The molecule has 0 bridgehead atoms. The van der Waals surface area contributed by atoms with Crippen molar-refractivity contribution in [3.05, 3.63) is 59.7 Å². The van der Waals surface area contributed by atoms with Crippen LogP contribution in [0.2, 0.25) is 0 Å². The molecule has 1 aliphatic heterocycles. The van der Waals surface area contributed by atoms with Crippen LogP contribution in [0.1, 0.15) is 44.2 Å². The Hall–Kier alpha value is -2.97. The molecule has 2 aromatic rings. The topological polar surface area (TPSA) is 105 Å². The molecule has 10 heteroatoms. The quantitative estimate of drug-likeness (QED) is 0.593. The van der Waals surface area contributed by atoms with E-state index in [0.717, 1.165) is 22.3 Å². The molecule has 1 heterocycles. The fourth-order valence-corrected chi connectivity index (χ4v) is 4.45. The number of carbonyl (C=O) groups excluding carboxylic acids is 2. The molecule has 0 aromatic heterocycles. The summed E-state index contributed by atoms with van der Waals surface area (Å²) in [7, 11) is 0. The number of carbonyl (C=O) groups is 3. The summed E-state index contributed by atoms with van der Waals surface area (Å²) in [5.74, 6) is -1.35. The van der Waals surface area contributed by atoms with E-state index in [4.69, 9.17) is 9.47 Å². The van der Waals surface area contributed by atoms with E-state index in [1.165, 1.54) is 4.90 Å². The number of alkyl carbamates (subject to hydrolysis) is 1. The largest absolute Gasteiger partial charge is 0.479 e. The number of carboxylic acids is 1. The van der Waals surface area contributed by atoms with Crippen molar-refractivity contribution in [2.75, 3.05) is 19.7 Å². The van der Waals surface area contributed by atoms with Gasteiger partial charge < -0.3 is 24.8 Å². The van der Waals surface area contributed by atoms with Gasteiger partial charge in [-0.15, -0.1) is 24.8 Å². The minimum atomic E-state index is -1.63. The Labute approximate surface area is 216 Å². The zero-order valence-electron chi connectivity index (χ0n) is 19.8. The summed E-state index contributed by atoms with van der Waals surface area (Å²) in [5, 5.41) is 12.3. The highest BCUT2D eigenvalue weighted by molar-refractivity contribution is 5.87. The molecule has 190 valence electrons. The SMILES string of the molecule is CC(C)(C)OC(=O)N1CCC(NC(=O)OCC2c3ccccc3-c3ccccc32)(C(=O)O)C1.Cl.Cl. The number of benzene rings is 2. The normalized spacial score (nSPS) is 18.4. The average Bonchev–Trinajstić information content (AvgIpc) is 3.32. The zero-order valence-corrected chi connectivity index (χ0v) is 21.4. The molecule has 0 radical (unpaired) electrons. The van der Waals surface area contributed by atoms with Gasteiger partial charge in [0.15, 0.2) is 5.54 Å². The molecule has 1 atom stereocenters. The lowest BCUT2D eigenvalue weighted by Gasteiger charge is -2.27. The summed E-state index contributed by atoms with van der Waals surface area (Å²) >= 11 is 0. The van der Waals surface area contributed by atoms with Gasteiger partial charge in [-0.05, 0) is 43.0 Å². The highest BCUT2D eigenvalue weighted by Crippen LogP contribution is 2.44. The molecule has 35 heavy (non-hydrogen) atoms. The van der Waals surface area contributed by atoms with Gasteiger partial charge in [-0.3, -0.25) is 0 Å². The molecule has 0 spiro atoms. The molecule has 2 aromatic carbocycles. The van der Waals surface area contributed by atoms with E-state index in [0.29, 0.717) is 0 Å². The fourth-order valence-electron chi connectivity index (χ4n) is 4.45. The van der Waals surface area contributed by atoms with Gasteiger partial charge in [-0.25, -0.2) is 14.4 Å². The molecule has 1 aliphatic carbocycles. The number of aliphatic carboxylic acids is 1. The number of hydrogen-bond acceptors (Lipinski definition) is 5. The zero-order chi connectivity index (χ0) is 23.8. The van der Waals surface area contributed by atoms with Gasteiger partial charge in [0.1, 0.15) is 12.2 Å². The van der Waals surface area contributed by atoms with Crippen molar-refractivity contribution in [1.29, 1.82) is 0 Å². The van der Waals surface area contributed by atoms with Crippen LogP contribution in [0, 0.1) is 0 Å². The van der Waals surface area contributed by atoms with E-state index in [1.54, 1.807) is 20.8 Å². The number of rotatable bonds is 4. The monoisotopic (exact) mass is 524 g/mol. The lowest BCUT2D eigenvalue weighted by Crippen LogP contribution is -2.57. The Bertz CT molecular complexity index is 1060. The van der Waals surface area contributed by atoms with E-state index in [9.17, 15) is 19.5 Å². The van der Waals surface area contributed by atoms with Gasteiger partial charge >= 0.3 is 18.2 Å². The van der Waals surface area contributed by atoms with E-state index in [1.807, 2.05) is 48.5 Å². The number of amides is 2. The number of halogens is 2. The van der Waals surface area contributed by atoms with Crippen LogP contribution in [0.5, 0.6) is 0 Å². The van der Waals surface area contributed by atoms with Gasteiger partial charge in [-0.2, -0.15) is 0 Å². The number of ether oxygens (including phenoxy) is 2.